The van der Waals surface area contributed by atoms with E-state index in [1.54, 1.807) is 0 Å². The molecule has 0 radical (unpaired) electrons. The molecule has 0 spiro atoms. The van der Waals surface area contributed by atoms with Gasteiger partial charge in [0, 0.05) is 27.3 Å². The van der Waals surface area contributed by atoms with Crippen LogP contribution in [0.15, 0.2) is 0 Å². The normalized spacial score (nSPS) is 48.0. The summed E-state index contributed by atoms with van der Waals surface area (Å²) in [6, 6.07) is 0. The molecule has 0 bridgehead atoms. The molecule has 4 fully saturated rings. The van der Waals surface area contributed by atoms with Gasteiger partial charge in [-0.2, -0.15) is 0 Å². The molecule has 4 rings (SSSR count). The second-order valence-corrected chi connectivity index (χ2v) is 18.0. The molecule has 0 aromatic carbocycles. The quantitative estimate of drug-likeness (QED) is 0.249. The lowest BCUT2D eigenvalue weighted by Crippen LogP contribution is -2.64. The summed E-state index contributed by atoms with van der Waals surface area (Å²) in [7, 11) is 0. The van der Waals surface area contributed by atoms with Crippen molar-refractivity contribution in [3.8, 4) is 0 Å². The Bertz CT molecular complexity index is 771. The summed E-state index contributed by atoms with van der Waals surface area (Å²) in [6.07, 6.45) is 10.5. The van der Waals surface area contributed by atoms with Crippen molar-refractivity contribution in [2.24, 2.45) is 52.3 Å². The highest BCUT2D eigenvalue weighted by Gasteiger charge is 2.67. The first-order valence-electron chi connectivity index (χ1n) is 13.9. The van der Waals surface area contributed by atoms with Gasteiger partial charge in [-0.05, 0) is 90.8 Å². The van der Waals surface area contributed by atoms with E-state index in [0.29, 0.717) is 49.9 Å². The van der Waals surface area contributed by atoms with Gasteiger partial charge in [0.1, 0.15) is 5.78 Å². The van der Waals surface area contributed by atoms with E-state index in [-0.39, 0.29) is 9.74 Å². The molecule has 34 heavy (non-hydrogen) atoms. The van der Waals surface area contributed by atoms with Crippen LogP contribution in [0.3, 0.4) is 0 Å². The van der Waals surface area contributed by atoms with Gasteiger partial charge in [0.05, 0.1) is 4.32 Å². The van der Waals surface area contributed by atoms with Gasteiger partial charge >= 0.3 is 0 Å². The standard InChI is InChI=1S/C29H46Br4O/c1-7-19(16(2)3)26(32)25(31)17(4)21-8-9-22-20-14-24(30)29(33)15-18(34)10-13-28(29,6)23(20)11-12-27(21,22)5/h16-17,19-26H,7-15H2,1-6H3/t17-,19-,20-,21+,22-,23-,24?,25?,26?,27+,28+,29?/m0/s1. The summed E-state index contributed by atoms with van der Waals surface area (Å²) >= 11 is 16.7. The molecule has 4 saturated carbocycles. The van der Waals surface area contributed by atoms with Crippen LogP contribution in [0.2, 0.25) is 0 Å². The van der Waals surface area contributed by atoms with Crippen LogP contribution in [0.1, 0.15) is 99.3 Å². The number of carbonyl (C=O) groups excluding carboxylic acids is 1. The highest BCUT2D eigenvalue weighted by atomic mass is 79.9. The molecule has 0 N–H and O–H groups in total. The van der Waals surface area contributed by atoms with Crippen LogP contribution >= 0.6 is 63.7 Å². The van der Waals surface area contributed by atoms with Gasteiger partial charge in [-0.15, -0.1) is 0 Å². The van der Waals surface area contributed by atoms with E-state index < -0.39 is 0 Å². The first-order chi connectivity index (χ1) is 15.8. The second kappa shape index (κ2) is 10.3. The Morgan fingerprint density at radius 2 is 1.68 bits per heavy atom. The molecular formula is C29H46Br4O. The molecule has 0 aromatic rings. The van der Waals surface area contributed by atoms with E-state index in [2.05, 4.69) is 105 Å². The van der Waals surface area contributed by atoms with Crippen molar-refractivity contribution < 1.29 is 4.79 Å². The minimum atomic E-state index is -0.0638. The topological polar surface area (TPSA) is 17.1 Å². The fraction of sp³-hybridized carbons (Fsp3) is 0.966. The Balaban J connectivity index is 1.56. The summed E-state index contributed by atoms with van der Waals surface area (Å²) in [5.41, 5.74) is 0.659. The van der Waals surface area contributed by atoms with Crippen molar-refractivity contribution in [3.05, 3.63) is 0 Å². The average Bonchev–Trinajstić information content (AvgIpc) is 3.12. The fourth-order valence-electron chi connectivity index (χ4n) is 9.70. The highest BCUT2D eigenvalue weighted by Crippen LogP contribution is 2.71. The lowest BCUT2D eigenvalue weighted by atomic mass is 9.44. The van der Waals surface area contributed by atoms with Crippen LogP contribution in [0.4, 0.5) is 0 Å². The Kier molecular flexibility index (Phi) is 8.65. The van der Waals surface area contributed by atoms with Crippen molar-refractivity contribution in [1.82, 2.24) is 0 Å². The maximum atomic E-state index is 12.5. The summed E-state index contributed by atoms with van der Waals surface area (Å²) in [4.78, 5) is 13.9. The van der Waals surface area contributed by atoms with Crippen LogP contribution in [-0.4, -0.2) is 24.6 Å². The third-order valence-electron chi connectivity index (χ3n) is 11.8. The van der Waals surface area contributed by atoms with Gasteiger partial charge < -0.3 is 0 Å². The smallest absolute Gasteiger partial charge is 0.134 e. The molecule has 1 nitrogen and oxygen atoms in total. The molecule has 4 unspecified atom stereocenters. The number of alkyl halides is 4. The van der Waals surface area contributed by atoms with E-state index in [9.17, 15) is 4.79 Å². The Labute approximate surface area is 243 Å². The molecule has 0 heterocycles. The Morgan fingerprint density at radius 3 is 2.29 bits per heavy atom. The summed E-state index contributed by atoms with van der Waals surface area (Å²) in [5, 5.41) is 0. The number of hydrogen-bond acceptors (Lipinski definition) is 1. The van der Waals surface area contributed by atoms with Crippen LogP contribution in [0.5, 0.6) is 0 Å². The fourth-order valence-corrected chi connectivity index (χ4v) is 14.0. The molecule has 4 aliphatic carbocycles. The molecular weight excluding hydrogens is 684 g/mol. The molecule has 0 aliphatic heterocycles. The number of Topliss-reactive ketones (excluding diaryl/α,β-unsaturated/α-hetero) is 1. The Morgan fingerprint density at radius 1 is 1.00 bits per heavy atom. The van der Waals surface area contributed by atoms with Crippen molar-refractivity contribution in [2.75, 3.05) is 0 Å². The minimum absolute atomic E-state index is 0.0638. The third kappa shape index (κ3) is 4.35. The number of halogens is 4. The minimum Gasteiger partial charge on any atom is -0.300 e. The monoisotopic (exact) mass is 726 g/mol. The van der Waals surface area contributed by atoms with Gasteiger partial charge in [0.15, 0.2) is 0 Å². The van der Waals surface area contributed by atoms with Crippen LogP contribution in [0, 0.1) is 52.3 Å². The Hall–Kier alpha value is 1.59. The van der Waals surface area contributed by atoms with Crippen molar-refractivity contribution in [3.63, 3.8) is 0 Å². The molecule has 0 aromatic heterocycles. The number of fused-ring (bicyclic) bond motifs is 5. The number of ketones is 1. The van der Waals surface area contributed by atoms with E-state index >= 15 is 0 Å². The molecule has 12 atom stereocenters. The second-order valence-electron chi connectivity index (χ2n) is 13.4. The molecule has 4 aliphatic rings. The first kappa shape index (κ1) is 28.6. The van der Waals surface area contributed by atoms with E-state index in [0.717, 1.165) is 36.5 Å². The largest absolute Gasteiger partial charge is 0.300 e. The summed E-state index contributed by atoms with van der Waals surface area (Å²) < 4.78 is -0.0638. The maximum absolute atomic E-state index is 12.5. The van der Waals surface area contributed by atoms with Crippen LogP contribution in [0.25, 0.3) is 0 Å². The van der Waals surface area contributed by atoms with E-state index in [4.69, 9.17) is 0 Å². The van der Waals surface area contributed by atoms with Crippen molar-refractivity contribution >= 4 is 69.5 Å². The van der Waals surface area contributed by atoms with Crippen LogP contribution in [-0.2, 0) is 4.79 Å². The van der Waals surface area contributed by atoms with E-state index in [1.165, 1.54) is 38.5 Å². The van der Waals surface area contributed by atoms with Crippen molar-refractivity contribution in [2.45, 2.75) is 118 Å². The predicted octanol–water partition coefficient (Wildman–Crippen LogP) is 9.95. The van der Waals surface area contributed by atoms with Gasteiger partial charge in [-0.25, -0.2) is 0 Å². The zero-order valence-electron chi connectivity index (χ0n) is 22.1. The SMILES string of the molecule is CC[C@@H](C(C)C)C(Br)C(Br)[C@@H](C)[C@H]1CC[C@H]2[C@@H]3CC(Br)C4(Br)CC(=O)CC[C@]4(C)[C@H]3CC[C@]12C. The molecule has 0 saturated heterocycles. The van der Waals surface area contributed by atoms with Crippen molar-refractivity contribution in [1.29, 1.82) is 0 Å². The average molecular weight is 730 g/mol. The first-order valence-corrected chi connectivity index (χ1v) is 17.5. The maximum Gasteiger partial charge on any atom is 0.134 e. The van der Waals surface area contributed by atoms with Gasteiger partial charge in [0.25, 0.3) is 0 Å². The lowest BCUT2D eigenvalue weighted by Gasteiger charge is -2.65. The summed E-state index contributed by atoms with van der Waals surface area (Å²) in [6.45, 7) is 14.8. The summed E-state index contributed by atoms with van der Waals surface area (Å²) in [5.74, 6) is 5.68. The lowest BCUT2D eigenvalue weighted by molar-refractivity contribution is -0.133. The predicted molar refractivity (Wildman–Crippen MR) is 160 cm³/mol. The van der Waals surface area contributed by atoms with Gasteiger partial charge in [0.2, 0.25) is 0 Å². The zero-order chi connectivity index (χ0) is 25.2. The van der Waals surface area contributed by atoms with Crippen LogP contribution < -0.4 is 0 Å². The van der Waals surface area contributed by atoms with Gasteiger partial charge in [-0.1, -0.05) is 112 Å². The third-order valence-corrected chi connectivity index (χ3v) is 18.7. The highest BCUT2D eigenvalue weighted by molar-refractivity contribution is 9.12. The molecule has 5 heteroatoms. The molecule has 0 amide bonds. The number of hydrogen-bond donors (Lipinski definition) is 0. The number of rotatable bonds is 6. The van der Waals surface area contributed by atoms with Gasteiger partial charge in [-0.3, -0.25) is 4.79 Å². The zero-order valence-corrected chi connectivity index (χ0v) is 28.4. The molecule has 196 valence electrons. The number of carbonyl (C=O) groups is 1. The van der Waals surface area contributed by atoms with E-state index in [1.807, 2.05) is 0 Å².